The molecule has 4 unspecified atom stereocenters. The number of aliphatic hydroxyl groups is 1. The lowest BCUT2D eigenvalue weighted by molar-refractivity contribution is -0.153. The number of nitrogens with zero attached hydrogens (tertiary/aromatic N) is 1. The number of hydrogen-bond acceptors (Lipinski definition) is 4. The topological polar surface area (TPSA) is 49.8 Å². The van der Waals surface area contributed by atoms with Gasteiger partial charge < -0.3 is 14.7 Å². The summed E-state index contributed by atoms with van der Waals surface area (Å²) >= 11 is 0. The SMILES string of the molecule is CC1CCC(N(C)C(C)C)CC(OC(=O)C(CO)c2ccccc2)C1. The number of benzene rings is 1. The number of rotatable bonds is 6. The predicted molar refractivity (Wildman–Crippen MR) is 100 cm³/mol. The van der Waals surface area contributed by atoms with Gasteiger partial charge in [-0.15, -0.1) is 0 Å². The van der Waals surface area contributed by atoms with Crippen LogP contribution in [0.25, 0.3) is 0 Å². The number of ether oxygens (including phenoxy) is 1. The van der Waals surface area contributed by atoms with Crippen LogP contribution in [0.2, 0.25) is 0 Å². The Bertz CT molecular complexity index is 531. The van der Waals surface area contributed by atoms with Crippen molar-refractivity contribution in [3.8, 4) is 0 Å². The Morgan fingerprint density at radius 2 is 1.92 bits per heavy atom. The second-order valence-corrected chi connectivity index (χ2v) is 7.77. The molecule has 0 bridgehead atoms. The summed E-state index contributed by atoms with van der Waals surface area (Å²) in [6, 6.07) is 10.3. The number of carbonyl (C=O) groups excluding carboxylic acids is 1. The molecule has 0 radical (unpaired) electrons. The fourth-order valence-electron chi connectivity index (χ4n) is 3.70. The van der Waals surface area contributed by atoms with Crippen molar-refractivity contribution < 1.29 is 14.6 Å². The average Bonchev–Trinajstić information content (AvgIpc) is 2.77. The van der Waals surface area contributed by atoms with E-state index < -0.39 is 5.92 Å². The van der Waals surface area contributed by atoms with Gasteiger partial charge in [-0.1, -0.05) is 37.3 Å². The highest BCUT2D eigenvalue weighted by Crippen LogP contribution is 2.29. The summed E-state index contributed by atoms with van der Waals surface area (Å²) in [7, 11) is 2.16. The maximum atomic E-state index is 12.7. The summed E-state index contributed by atoms with van der Waals surface area (Å²) in [5.74, 6) is -0.354. The Labute approximate surface area is 152 Å². The first-order valence-corrected chi connectivity index (χ1v) is 9.50. The Morgan fingerprint density at radius 3 is 2.52 bits per heavy atom. The lowest BCUT2D eigenvalue weighted by Crippen LogP contribution is -2.39. The smallest absolute Gasteiger partial charge is 0.316 e. The molecule has 4 nitrogen and oxygen atoms in total. The van der Waals surface area contributed by atoms with E-state index in [1.54, 1.807) is 0 Å². The van der Waals surface area contributed by atoms with Crippen molar-refractivity contribution in [3.05, 3.63) is 35.9 Å². The Kier molecular flexibility index (Phi) is 7.45. The maximum Gasteiger partial charge on any atom is 0.316 e. The molecule has 1 aliphatic carbocycles. The van der Waals surface area contributed by atoms with E-state index in [4.69, 9.17) is 4.74 Å². The molecule has 0 saturated heterocycles. The third-order valence-corrected chi connectivity index (χ3v) is 5.54. The molecule has 1 fully saturated rings. The number of hydrogen-bond donors (Lipinski definition) is 1. The van der Waals surface area contributed by atoms with Crippen LogP contribution in [0.1, 0.15) is 57.9 Å². The van der Waals surface area contributed by atoms with Crippen molar-refractivity contribution in [1.29, 1.82) is 0 Å². The van der Waals surface area contributed by atoms with Gasteiger partial charge in [0.15, 0.2) is 0 Å². The summed E-state index contributed by atoms with van der Waals surface area (Å²) in [6.07, 6.45) is 4.01. The molecule has 25 heavy (non-hydrogen) atoms. The van der Waals surface area contributed by atoms with Crippen molar-refractivity contribution in [3.63, 3.8) is 0 Å². The Hall–Kier alpha value is -1.39. The maximum absolute atomic E-state index is 12.7. The molecule has 4 atom stereocenters. The highest BCUT2D eigenvalue weighted by molar-refractivity contribution is 5.78. The van der Waals surface area contributed by atoms with Crippen molar-refractivity contribution in [2.75, 3.05) is 13.7 Å². The molecular weight excluding hydrogens is 314 g/mol. The largest absolute Gasteiger partial charge is 0.462 e. The van der Waals surface area contributed by atoms with E-state index in [0.29, 0.717) is 18.0 Å². The van der Waals surface area contributed by atoms with Crippen LogP contribution >= 0.6 is 0 Å². The average molecular weight is 347 g/mol. The van der Waals surface area contributed by atoms with Crippen molar-refractivity contribution >= 4 is 5.97 Å². The van der Waals surface area contributed by atoms with Crippen LogP contribution in [0.3, 0.4) is 0 Å². The van der Waals surface area contributed by atoms with Crippen LogP contribution in [-0.2, 0) is 9.53 Å². The number of esters is 1. The molecule has 140 valence electrons. The van der Waals surface area contributed by atoms with E-state index >= 15 is 0 Å². The summed E-state index contributed by atoms with van der Waals surface area (Å²) < 4.78 is 5.88. The van der Waals surface area contributed by atoms with Crippen molar-refractivity contribution in [2.24, 2.45) is 5.92 Å². The molecule has 1 N–H and O–H groups in total. The minimum atomic E-state index is -0.596. The van der Waals surface area contributed by atoms with Crippen molar-refractivity contribution in [1.82, 2.24) is 4.90 Å². The van der Waals surface area contributed by atoms with Crippen molar-refractivity contribution in [2.45, 2.75) is 70.6 Å². The molecule has 4 heteroatoms. The van der Waals surface area contributed by atoms with Crippen LogP contribution in [0, 0.1) is 5.92 Å². The van der Waals surface area contributed by atoms with Gasteiger partial charge in [0, 0.05) is 12.1 Å². The first kappa shape index (κ1) is 19.9. The normalized spacial score (nSPS) is 25.6. The van der Waals surface area contributed by atoms with E-state index in [1.807, 2.05) is 30.3 Å². The summed E-state index contributed by atoms with van der Waals surface area (Å²) in [6.45, 7) is 6.42. The fourth-order valence-corrected chi connectivity index (χ4v) is 3.70. The molecule has 2 rings (SSSR count). The molecule has 0 amide bonds. The zero-order chi connectivity index (χ0) is 18.4. The second-order valence-electron chi connectivity index (χ2n) is 7.77. The van der Waals surface area contributed by atoms with Gasteiger partial charge in [-0.05, 0) is 58.1 Å². The van der Waals surface area contributed by atoms with Gasteiger partial charge in [0.2, 0.25) is 0 Å². The lowest BCUT2D eigenvalue weighted by Gasteiger charge is -2.32. The van der Waals surface area contributed by atoms with Crippen LogP contribution in [0.5, 0.6) is 0 Å². The highest BCUT2D eigenvalue weighted by Gasteiger charge is 2.31. The molecule has 1 saturated carbocycles. The van der Waals surface area contributed by atoms with Gasteiger partial charge in [0.05, 0.1) is 6.61 Å². The van der Waals surface area contributed by atoms with E-state index in [2.05, 4.69) is 32.7 Å². The number of carbonyl (C=O) groups is 1. The fraction of sp³-hybridized carbons (Fsp3) is 0.667. The van der Waals surface area contributed by atoms with Gasteiger partial charge in [-0.25, -0.2) is 0 Å². The summed E-state index contributed by atoms with van der Waals surface area (Å²) in [4.78, 5) is 15.1. The molecule has 0 spiro atoms. The third-order valence-electron chi connectivity index (χ3n) is 5.54. The molecule has 0 aliphatic heterocycles. The first-order valence-electron chi connectivity index (χ1n) is 9.50. The Morgan fingerprint density at radius 1 is 1.24 bits per heavy atom. The van der Waals surface area contributed by atoms with Crippen LogP contribution < -0.4 is 0 Å². The van der Waals surface area contributed by atoms with Gasteiger partial charge in [0.1, 0.15) is 12.0 Å². The lowest BCUT2D eigenvalue weighted by atomic mass is 9.99. The molecule has 0 heterocycles. The van der Waals surface area contributed by atoms with E-state index in [0.717, 1.165) is 31.2 Å². The van der Waals surface area contributed by atoms with Crippen LogP contribution in [-0.4, -0.2) is 47.8 Å². The highest BCUT2D eigenvalue weighted by atomic mass is 16.5. The Balaban J connectivity index is 2.06. The molecular formula is C21H33NO3. The van der Waals surface area contributed by atoms with E-state index in [1.165, 1.54) is 0 Å². The van der Waals surface area contributed by atoms with Gasteiger partial charge in [-0.3, -0.25) is 4.79 Å². The summed E-state index contributed by atoms with van der Waals surface area (Å²) in [5.41, 5.74) is 0.813. The zero-order valence-electron chi connectivity index (χ0n) is 16.0. The molecule has 0 aromatic heterocycles. The van der Waals surface area contributed by atoms with Gasteiger partial charge in [0.25, 0.3) is 0 Å². The minimum absolute atomic E-state index is 0.0750. The minimum Gasteiger partial charge on any atom is -0.462 e. The van der Waals surface area contributed by atoms with E-state index in [-0.39, 0.29) is 18.7 Å². The van der Waals surface area contributed by atoms with Crippen LogP contribution in [0.4, 0.5) is 0 Å². The third kappa shape index (κ3) is 5.55. The quantitative estimate of drug-likeness (QED) is 0.631. The molecule has 1 aromatic rings. The number of aliphatic hydroxyl groups excluding tert-OH is 1. The van der Waals surface area contributed by atoms with Gasteiger partial charge >= 0.3 is 5.97 Å². The predicted octanol–water partition coefficient (Wildman–Crippen LogP) is 3.59. The monoisotopic (exact) mass is 347 g/mol. The summed E-state index contributed by atoms with van der Waals surface area (Å²) in [5, 5.41) is 9.69. The molecule has 1 aromatic carbocycles. The van der Waals surface area contributed by atoms with Gasteiger partial charge in [-0.2, -0.15) is 0 Å². The molecule has 1 aliphatic rings. The van der Waals surface area contributed by atoms with Crippen LogP contribution in [0.15, 0.2) is 30.3 Å². The first-order chi connectivity index (χ1) is 11.9. The van der Waals surface area contributed by atoms with E-state index in [9.17, 15) is 9.90 Å². The zero-order valence-corrected chi connectivity index (χ0v) is 16.0. The second kappa shape index (κ2) is 9.35. The standard InChI is InChI=1S/C21H33NO3/c1-15(2)22(4)18-11-10-16(3)12-19(13-18)25-21(24)20(14-23)17-8-6-5-7-9-17/h5-9,15-16,18-20,23H,10-14H2,1-4H3.